The first-order chi connectivity index (χ1) is 13.2. The zero-order valence-electron chi connectivity index (χ0n) is 15.6. The molecule has 0 radical (unpaired) electrons. The average molecular weight is 387 g/mol. The summed E-state index contributed by atoms with van der Waals surface area (Å²) in [6.45, 7) is 6.49. The molecule has 0 atom stereocenters. The minimum Gasteiger partial charge on any atom is -0.336 e. The van der Waals surface area contributed by atoms with Crippen molar-refractivity contribution < 1.29 is 4.52 Å². The molecule has 1 saturated heterocycles. The molecule has 7 nitrogen and oxygen atoms in total. The molecule has 0 amide bonds. The standard InChI is InChI=1S/C19H23ClN6O/c1-3-16-15(17(20)24(2)22-16)13-25-9-11-26(12-10-25)19-21-18(27-23-19)14-7-5-4-6-8-14/h4-8H,3,9-13H2,1-2H3. The Labute approximate surface area is 163 Å². The number of piperazine rings is 1. The minimum absolute atomic E-state index is 0.558. The number of aromatic nitrogens is 4. The number of nitrogens with zero attached hydrogens (tertiary/aromatic N) is 6. The summed E-state index contributed by atoms with van der Waals surface area (Å²) in [7, 11) is 1.89. The van der Waals surface area contributed by atoms with Crippen LogP contribution in [0.2, 0.25) is 5.15 Å². The monoisotopic (exact) mass is 386 g/mol. The van der Waals surface area contributed by atoms with Crippen LogP contribution in [0.3, 0.4) is 0 Å². The van der Waals surface area contributed by atoms with Crippen LogP contribution in [0.25, 0.3) is 11.5 Å². The molecule has 4 rings (SSSR count). The molecular weight excluding hydrogens is 364 g/mol. The molecule has 1 aliphatic heterocycles. The molecule has 3 heterocycles. The van der Waals surface area contributed by atoms with E-state index in [0.717, 1.165) is 61.1 Å². The number of rotatable bonds is 5. The molecule has 0 bridgehead atoms. The van der Waals surface area contributed by atoms with Crippen molar-refractivity contribution in [3.05, 3.63) is 46.7 Å². The van der Waals surface area contributed by atoms with E-state index in [-0.39, 0.29) is 0 Å². The first-order valence-electron chi connectivity index (χ1n) is 9.22. The number of halogens is 1. The maximum atomic E-state index is 6.43. The summed E-state index contributed by atoms with van der Waals surface area (Å²) >= 11 is 6.43. The maximum absolute atomic E-state index is 6.43. The lowest BCUT2D eigenvalue weighted by atomic mass is 10.2. The van der Waals surface area contributed by atoms with Crippen LogP contribution in [0, 0.1) is 0 Å². The van der Waals surface area contributed by atoms with Crippen molar-refractivity contribution in [2.24, 2.45) is 7.05 Å². The van der Waals surface area contributed by atoms with Crippen molar-refractivity contribution in [2.45, 2.75) is 19.9 Å². The summed E-state index contributed by atoms with van der Waals surface area (Å²) in [5, 5.41) is 9.40. The predicted molar refractivity (Wildman–Crippen MR) is 105 cm³/mol. The Morgan fingerprint density at radius 1 is 1.11 bits per heavy atom. The van der Waals surface area contributed by atoms with Gasteiger partial charge in [-0.05, 0) is 23.7 Å². The van der Waals surface area contributed by atoms with Crippen molar-refractivity contribution >= 4 is 17.5 Å². The van der Waals surface area contributed by atoms with E-state index in [1.54, 1.807) is 4.68 Å². The highest BCUT2D eigenvalue weighted by Gasteiger charge is 2.23. The van der Waals surface area contributed by atoms with Gasteiger partial charge in [-0.15, -0.1) is 0 Å². The molecule has 0 N–H and O–H groups in total. The van der Waals surface area contributed by atoms with Crippen LogP contribution in [0.1, 0.15) is 18.2 Å². The Kier molecular flexibility index (Phi) is 5.13. The lowest BCUT2D eigenvalue weighted by Crippen LogP contribution is -2.46. The molecule has 0 spiro atoms. The fourth-order valence-electron chi connectivity index (χ4n) is 3.41. The van der Waals surface area contributed by atoms with Gasteiger partial charge in [0.15, 0.2) is 0 Å². The van der Waals surface area contributed by atoms with Crippen LogP contribution in [0.15, 0.2) is 34.9 Å². The van der Waals surface area contributed by atoms with Gasteiger partial charge in [-0.2, -0.15) is 10.1 Å². The largest absolute Gasteiger partial charge is 0.336 e. The number of anilines is 1. The molecule has 27 heavy (non-hydrogen) atoms. The molecule has 3 aromatic rings. The minimum atomic E-state index is 0.558. The molecule has 0 aliphatic carbocycles. The second-order valence-corrected chi connectivity index (χ2v) is 7.08. The molecule has 1 aliphatic rings. The third-order valence-electron chi connectivity index (χ3n) is 4.96. The molecule has 1 fully saturated rings. The summed E-state index contributed by atoms with van der Waals surface area (Å²) in [6.07, 6.45) is 0.890. The summed E-state index contributed by atoms with van der Waals surface area (Å²) in [5.74, 6) is 1.21. The third kappa shape index (κ3) is 3.70. The summed E-state index contributed by atoms with van der Waals surface area (Å²) in [6, 6.07) is 9.84. The van der Waals surface area contributed by atoms with Gasteiger partial charge in [0.05, 0.1) is 5.69 Å². The van der Waals surface area contributed by atoms with E-state index in [0.29, 0.717) is 11.8 Å². The van der Waals surface area contributed by atoms with E-state index in [4.69, 9.17) is 16.1 Å². The van der Waals surface area contributed by atoms with E-state index in [1.165, 1.54) is 0 Å². The molecule has 8 heteroatoms. The second kappa shape index (κ2) is 7.70. The predicted octanol–water partition coefficient (Wildman–Crippen LogP) is 3.01. The van der Waals surface area contributed by atoms with Crippen LogP contribution < -0.4 is 4.90 Å². The van der Waals surface area contributed by atoms with Crippen LogP contribution in [-0.4, -0.2) is 51.0 Å². The zero-order valence-corrected chi connectivity index (χ0v) is 16.4. The first kappa shape index (κ1) is 18.0. The molecule has 0 unspecified atom stereocenters. The molecule has 142 valence electrons. The van der Waals surface area contributed by atoms with Gasteiger partial charge in [0.25, 0.3) is 11.8 Å². The van der Waals surface area contributed by atoms with Gasteiger partial charge in [-0.1, -0.05) is 36.7 Å². The van der Waals surface area contributed by atoms with Crippen LogP contribution in [0.5, 0.6) is 0 Å². The van der Waals surface area contributed by atoms with Gasteiger partial charge in [0.2, 0.25) is 0 Å². The molecule has 1 aromatic carbocycles. The number of aryl methyl sites for hydroxylation is 2. The third-order valence-corrected chi connectivity index (χ3v) is 5.43. The second-order valence-electron chi connectivity index (χ2n) is 6.72. The zero-order chi connectivity index (χ0) is 18.8. The molecule has 2 aromatic heterocycles. The number of benzene rings is 1. The van der Waals surface area contributed by atoms with Crippen molar-refractivity contribution in [1.82, 2.24) is 24.8 Å². The molecule has 0 saturated carbocycles. The summed E-state index contributed by atoms with van der Waals surface area (Å²) in [5.41, 5.74) is 3.16. The van der Waals surface area contributed by atoms with Crippen LogP contribution >= 0.6 is 11.6 Å². The van der Waals surface area contributed by atoms with Crippen molar-refractivity contribution in [3.8, 4) is 11.5 Å². The van der Waals surface area contributed by atoms with E-state index < -0.39 is 0 Å². The SMILES string of the molecule is CCc1nn(C)c(Cl)c1CN1CCN(c2noc(-c3ccccc3)n2)CC1. The average Bonchev–Trinajstić information content (AvgIpc) is 3.30. The van der Waals surface area contributed by atoms with Gasteiger partial charge in [0, 0.05) is 50.9 Å². The Balaban J connectivity index is 1.39. The maximum Gasteiger partial charge on any atom is 0.266 e. The van der Waals surface area contributed by atoms with Gasteiger partial charge >= 0.3 is 0 Å². The Bertz CT molecular complexity index is 898. The van der Waals surface area contributed by atoms with Gasteiger partial charge in [0.1, 0.15) is 5.15 Å². The van der Waals surface area contributed by atoms with E-state index in [1.807, 2.05) is 37.4 Å². The number of hydrogen-bond acceptors (Lipinski definition) is 6. The highest BCUT2D eigenvalue weighted by atomic mass is 35.5. The van der Waals surface area contributed by atoms with Crippen molar-refractivity contribution in [2.75, 3.05) is 31.1 Å². The fraction of sp³-hybridized carbons (Fsp3) is 0.421. The fourth-order valence-corrected chi connectivity index (χ4v) is 3.62. The topological polar surface area (TPSA) is 63.2 Å². The lowest BCUT2D eigenvalue weighted by Gasteiger charge is -2.33. The quantitative estimate of drug-likeness (QED) is 0.671. The summed E-state index contributed by atoms with van der Waals surface area (Å²) in [4.78, 5) is 9.12. The number of hydrogen-bond donors (Lipinski definition) is 0. The van der Waals surface area contributed by atoms with E-state index >= 15 is 0 Å². The summed E-state index contributed by atoms with van der Waals surface area (Å²) < 4.78 is 7.19. The van der Waals surface area contributed by atoms with Crippen LogP contribution in [-0.2, 0) is 20.0 Å². The lowest BCUT2D eigenvalue weighted by molar-refractivity contribution is 0.247. The highest BCUT2D eigenvalue weighted by Crippen LogP contribution is 2.24. The molecular formula is C19H23ClN6O. The van der Waals surface area contributed by atoms with E-state index in [2.05, 4.69) is 32.0 Å². The van der Waals surface area contributed by atoms with Gasteiger partial charge < -0.3 is 9.42 Å². The Morgan fingerprint density at radius 2 is 1.85 bits per heavy atom. The van der Waals surface area contributed by atoms with Gasteiger partial charge in [-0.25, -0.2) is 0 Å². The Hall–Kier alpha value is -2.38. The van der Waals surface area contributed by atoms with Gasteiger partial charge in [-0.3, -0.25) is 9.58 Å². The smallest absolute Gasteiger partial charge is 0.266 e. The van der Waals surface area contributed by atoms with E-state index in [9.17, 15) is 0 Å². The van der Waals surface area contributed by atoms with Crippen molar-refractivity contribution in [3.63, 3.8) is 0 Å². The normalized spacial score (nSPS) is 15.4. The van der Waals surface area contributed by atoms with Crippen molar-refractivity contribution in [1.29, 1.82) is 0 Å². The first-order valence-corrected chi connectivity index (χ1v) is 9.60. The Morgan fingerprint density at radius 3 is 2.56 bits per heavy atom. The van der Waals surface area contributed by atoms with Crippen LogP contribution in [0.4, 0.5) is 5.95 Å². The highest BCUT2D eigenvalue weighted by molar-refractivity contribution is 6.30.